The lowest BCUT2D eigenvalue weighted by molar-refractivity contribution is 0.0971. The maximum Gasteiger partial charge on any atom is 0.274 e. The summed E-state index contributed by atoms with van der Waals surface area (Å²) in [6.07, 6.45) is 2.14. The van der Waals surface area contributed by atoms with E-state index in [1.165, 1.54) is 11.3 Å². The Labute approximate surface area is 159 Å². The van der Waals surface area contributed by atoms with Gasteiger partial charge in [-0.3, -0.25) is 14.9 Å². The molecule has 1 aromatic carbocycles. The second kappa shape index (κ2) is 6.70. The van der Waals surface area contributed by atoms with Gasteiger partial charge >= 0.3 is 0 Å². The Hall–Kier alpha value is -2.87. The standard InChI is InChI=1S/C19H19N3O4S/c1-9-16-10(5-4-6-12(16)23)20-17(9)18(24)22-19-21-11-7-13(25-2)14(26-3)8-15(11)27-19/h7-8,20H,4-6H2,1-3H3,(H,21,22,24). The maximum atomic E-state index is 12.7. The summed E-state index contributed by atoms with van der Waals surface area (Å²) in [5.41, 5.74) is 3.37. The van der Waals surface area contributed by atoms with Gasteiger partial charge in [0.05, 0.1) is 24.4 Å². The molecule has 0 unspecified atom stereocenters. The molecule has 0 spiro atoms. The molecule has 27 heavy (non-hydrogen) atoms. The van der Waals surface area contributed by atoms with Crippen LogP contribution in [0.25, 0.3) is 10.2 Å². The minimum Gasteiger partial charge on any atom is -0.493 e. The van der Waals surface area contributed by atoms with Gasteiger partial charge in [-0.05, 0) is 25.3 Å². The van der Waals surface area contributed by atoms with Crippen LogP contribution in [0.1, 0.15) is 44.9 Å². The first-order chi connectivity index (χ1) is 13.0. The van der Waals surface area contributed by atoms with Crippen molar-refractivity contribution in [2.75, 3.05) is 19.5 Å². The van der Waals surface area contributed by atoms with Crippen LogP contribution in [-0.4, -0.2) is 35.9 Å². The molecule has 2 heterocycles. The number of nitrogens with zero attached hydrogens (tertiary/aromatic N) is 1. The SMILES string of the molecule is COc1cc2nc(NC(=O)c3[nH]c4c(c3C)C(=O)CCC4)sc2cc1OC. The highest BCUT2D eigenvalue weighted by molar-refractivity contribution is 7.22. The first kappa shape index (κ1) is 17.5. The third-order valence-corrected chi connectivity index (χ3v) is 5.71. The van der Waals surface area contributed by atoms with Gasteiger partial charge in [0.1, 0.15) is 5.69 Å². The third-order valence-electron chi connectivity index (χ3n) is 4.78. The lowest BCUT2D eigenvalue weighted by Gasteiger charge is -2.09. The predicted octanol–water partition coefficient (Wildman–Crippen LogP) is 3.72. The van der Waals surface area contributed by atoms with Crippen molar-refractivity contribution in [2.45, 2.75) is 26.2 Å². The lowest BCUT2D eigenvalue weighted by atomic mass is 9.94. The van der Waals surface area contributed by atoms with Crippen LogP contribution in [0.4, 0.5) is 5.13 Å². The number of thiazole rings is 1. The average molecular weight is 385 g/mol. The van der Waals surface area contributed by atoms with Crippen LogP contribution in [0.5, 0.6) is 11.5 Å². The van der Waals surface area contributed by atoms with Crippen molar-refractivity contribution in [3.05, 3.63) is 34.6 Å². The molecule has 140 valence electrons. The zero-order valence-electron chi connectivity index (χ0n) is 15.3. The smallest absolute Gasteiger partial charge is 0.274 e. The number of fused-ring (bicyclic) bond motifs is 2. The summed E-state index contributed by atoms with van der Waals surface area (Å²) < 4.78 is 11.5. The number of anilines is 1. The number of ketones is 1. The van der Waals surface area contributed by atoms with E-state index in [1.54, 1.807) is 20.3 Å². The van der Waals surface area contributed by atoms with Crippen LogP contribution in [-0.2, 0) is 6.42 Å². The Bertz CT molecular complexity index is 1030. The first-order valence-corrected chi connectivity index (χ1v) is 9.42. The van der Waals surface area contributed by atoms with Gasteiger partial charge in [-0.15, -0.1) is 0 Å². The Morgan fingerprint density at radius 2 is 1.96 bits per heavy atom. The molecule has 2 aromatic heterocycles. The molecule has 3 aromatic rings. The normalized spacial score (nSPS) is 13.5. The highest BCUT2D eigenvalue weighted by Crippen LogP contribution is 2.36. The van der Waals surface area contributed by atoms with Crippen molar-refractivity contribution >= 4 is 38.4 Å². The van der Waals surface area contributed by atoms with Gasteiger partial charge in [-0.1, -0.05) is 11.3 Å². The number of hydrogen-bond donors (Lipinski definition) is 2. The number of Topliss-reactive ketones (excluding diaryl/α,β-unsaturated/α-hetero) is 1. The predicted molar refractivity (Wildman–Crippen MR) is 103 cm³/mol. The number of carbonyl (C=O) groups excluding carboxylic acids is 2. The van der Waals surface area contributed by atoms with Crippen molar-refractivity contribution in [3.63, 3.8) is 0 Å². The lowest BCUT2D eigenvalue weighted by Crippen LogP contribution is -2.13. The summed E-state index contributed by atoms with van der Waals surface area (Å²) in [4.78, 5) is 32.5. The van der Waals surface area contributed by atoms with Gasteiger partial charge in [0, 0.05) is 29.8 Å². The third kappa shape index (κ3) is 2.95. The van der Waals surface area contributed by atoms with Crippen LogP contribution in [0, 0.1) is 6.92 Å². The molecule has 0 bridgehead atoms. The molecule has 2 N–H and O–H groups in total. The average Bonchev–Trinajstić information content (AvgIpc) is 3.20. The maximum absolute atomic E-state index is 12.7. The molecule has 1 amide bonds. The second-order valence-corrected chi connectivity index (χ2v) is 7.43. The number of H-pyrrole nitrogens is 1. The van der Waals surface area contributed by atoms with Crippen molar-refractivity contribution in [3.8, 4) is 11.5 Å². The number of carbonyl (C=O) groups is 2. The zero-order chi connectivity index (χ0) is 19.1. The first-order valence-electron chi connectivity index (χ1n) is 8.60. The van der Waals surface area contributed by atoms with Crippen molar-refractivity contribution in [1.82, 2.24) is 9.97 Å². The summed E-state index contributed by atoms with van der Waals surface area (Å²) in [7, 11) is 3.14. The van der Waals surface area contributed by atoms with Gasteiger partial charge in [-0.2, -0.15) is 0 Å². The molecular formula is C19H19N3O4S. The highest BCUT2D eigenvalue weighted by Gasteiger charge is 2.26. The minimum atomic E-state index is -0.298. The quantitative estimate of drug-likeness (QED) is 0.714. The molecule has 0 fully saturated rings. The van der Waals surface area contributed by atoms with Crippen molar-refractivity contribution in [2.24, 2.45) is 0 Å². The molecule has 0 saturated heterocycles. The number of aryl methyl sites for hydroxylation is 1. The van der Waals surface area contributed by atoms with E-state index in [0.717, 1.165) is 23.2 Å². The number of ether oxygens (including phenoxy) is 2. The van der Waals surface area contributed by atoms with Gasteiger partial charge in [0.2, 0.25) is 0 Å². The number of rotatable bonds is 4. The van der Waals surface area contributed by atoms with Crippen molar-refractivity contribution in [1.29, 1.82) is 0 Å². The van der Waals surface area contributed by atoms with E-state index in [2.05, 4.69) is 15.3 Å². The summed E-state index contributed by atoms with van der Waals surface area (Å²) in [5.74, 6) is 0.994. The van der Waals surface area contributed by atoms with E-state index in [-0.39, 0.29) is 11.7 Å². The van der Waals surface area contributed by atoms with Crippen LogP contribution >= 0.6 is 11.3 Å². The summed E-state index contributed by atoms with van der Waals surface area (Å²) in [6, 6.07) is 3.61. The topological polar surface area (TPSA) is 93.3 Å². The summed E-state index contributed by atoms with van der Waals surface area (Å²) in [5, 5.41) is 3.31. The molecule has 1 aliphatic carbocycles. The Balaban J connectivity index is 1.64. The van der Waals surface area contributed by atoms with E-state index in [0.29, 0.717) is 45.4 Å². The van der Waals surface area contributed by atoms with Gasteiger partial charge in [0.25, 0.3) is 5.91 Å². The van der Waals surface area contributed by atoms with Gasteiger partial charge in [-0.25, -0.2) is 4.98 Å². The van der Waals surface area contributed by atoms with Crippen LogP contribution < -0.4 is 14.8 Å². The van der Waals surface area contributed by atoms with Crippen LogP contribution in [0.3, 0.4) is 0 Å². The Kier molecular flexibility index (Phi) is 4.35. The van der Waals surface area contributed by atoms with E-state index in [9.17, 15) is 9.59 Å². The fourth-order valence-electron chi connectivity index (χ4n) is 3.47. The zero-order valence-corrected chi connectivity index (χ0v) is 16.1. The minimum absolute atomic E-state index is 0.100. The number of aromatic nitrogens is 2. The molecule has 1 aliphatic rings. The fourth-order valence-corrected chi connectivity index (χ4v) is 4.34. The second-order valence-electron chi connectivity index (χ2n) is 6.40. The number of aromatic amines is 1. The largest absolute Gasteiger partial charge is 0.493 e. The molecule has 0 aliphatic heterocycles. The molecule has 7 nitrogen and oxygen atoms in total. The number of benzene rings is 1. The van der Waals surface area contributed by atoms with Crippen molar-refractivity contribution < 1.29 is 19.1 Å². The van der Waals surface area contributed by atoms with Crippen LogP contribution in [0.2, 0.25) is 0 Å². The highest BCUT2D eigenvalue weighted by atomic mass is 32.1. The van der Waals surface area contributed by atoms with E-state index >= 15 is 0 Å². The molecular weight excluding hydrogens is 366 g/mol. The Morgan fingerprint density at radius 3 is 2.67 bits per heavy atom. The number of nitrogens with one attached hydrogen (secondary N) is 2. The molecule has 0 radical (unpaired) electrons. The monoisotopic (exact) mass is 385 g/mol. The molecule has 0 atom stereocenters. The van der Waals surface area contributed by atoms with Gasteiger partial charge < -0.3 is 14.5 Å². The van der Waals surface area contributed by atoms with E-state index in [4.69, 9.17) is 9.47 Å². The molecule has 8 heteroatoms. The molecule has 4 rings (SSSR count). The van der Waals surface area contributed by atoms with E-state index in [1.807, 2.05) is 13.0 Å². The summed E-state index contributed by atoms with van der Waals surface area (Å²) in [6.45, 7) is 1.81. The fraction of sp³-hybridized carbons (Fsp3) is 0.316. The Morgan fingerprint density at radius 1 is 1.22 bits per heavy atom. The van der Waals surface area contributed by atoms with E-state index < -0.39 is 0 Å². The number of hydrogen-bond acceptors (Lipinski definition) is 6. The summed E-state index contributed by atoms with van der Waals surface area (Å²) >= 11 is 1.35. The number of methoxy groups -OCH3 is 2. The van der Waals surface area contributed by atoms with Crippen LogP contribution in [0.15, 0.2) is 12.1 Å². The number of amides is 1. The van der Waals surface area contributed by atoms with Gasteiger partial charge in [0.15, 0.2) is 22.4 Å². The molecule has 0 saturated carbocycles.